The zero-order valence-corrected chi connectivity index (χ0v) is 23.7. The minimum atomic E-state index is -0.217. The Morgan fingerprint density at radius 2 is 1.89 bits per heavy atom. The number of methoxy groups -OCH3 is 1. The number of nitrogens with one attached hydrogen (secondary N) is 1. The zero-order valence-electron chi connectivity index (χ0n) is 23.0. The molecule has 200 valence electrons. The molecule has 3 heterocycles. The van der Waals surface area contributed by atoms with E-state index in [-0.39, 0.29) is 29.4 Å². The molecule has 1 aliphatic rings. The van der Waals surface area contributed by atoms with Crippen LogP contribution in [0.15, 0.2) is 35.1 Å². The van der Waals surface area contributed by atoms with E-state index in [1.165, 1.54) is 0 Å². The maximum absolute atomic E-state index is 13.6. The van der Waals surface area contributed by atoms with E-state index >= 15 is 0 Å². The summed E-state index contributed by atoms with van der Waals surface area (Å²) in [7, 11) is 1.78. The highest BCUT2D eigenvalue weighted by Gasteiger charge is 2.31. The number of aromatic nitrogens is 2. The molecule has 1 aliphatic heterocycles. The Morgan fingerprint density at radius 1 is 1.22 bits per heavy atom. The largest absolute Gasteiger partial charge is 0.377 e. The van der Waals surface area contributed by atoms with Crippen LogP contribution in [-0.4, -0.2) is 52.6 Å². The van der Waals surface area contributed by atoms with Crippen molar-refractivity contribution in [3.8, 4) is 0 Å². The molecule has 0 spiro atoms. The zero-order chi connectivity index (χ0) is 26.9. The predicted octanol–water partition coefficient (Wildman–Crippen LogP) is 6.11. The lowest BCUT2D eigenvalue weighted by Gasteiger charge is -2.39. The number of H-pyrrole nitrogens is 1. The summed E-state index contributed by atoms with van der Waals surface area (Å²) in [6.07, 6.45) is 2.79. The number of rotatable bonds is 9. The van der Waals surface area contributed by atoms with Gasteiger partial charge in [0.2, 0.25) is 0 Å². The van der Waals surface area contributed by atoms with Gasteiger partial charge in [0.25, 0.3) is 5.56 Å². The molecule has 0 bridgehead atoms. The first-order valence-corrected chi connectivity index (χ1v) is 13.7. The molecular weight excluding hydrogens is 486 g/mol. The van der Waals surface area contributed by atoms with Gasteiger partial charge in [0.1, 0.15) is 0 Å². The molecule has 1 saturated heterocycles. The number of aryl methyl sites for hydroxylation is 1. The highest BCUT2D eigenvalue weighted by molar-refractivity contribution is 6.31. The lowest BCUT2D eigenvalue weighted by Crippen LogP contribution is -2.44. The number of fused-ring (bicyclic) bond motifs is 1. The summed E-state index contributed by atoms with van der Waals surface area (Å²) in [5.74, 6) is 0.580. The van der Waals surface area contributed by atoms with Gasteiger partial charge in [0.05, 0.1) is 10.6 Å². The van der Waals surface area contributed by atoms with E-state index < -0.39 is 0 Å². The van der Waals surface area contributed by atoms with E-state index in [0.717, 1.165) is 54.6 Å². The number of hydrogen-bond acceptors (Lipinski definition) is 4. The molecule has 6 nitrogen and oxygen atoms in total. The summed E-state index contributed by atoms with van der Waals surface area (Å²) < 4.78 is 8.00. The van der Waals surface area contributed by atoms with Crippen molar-refractivity contribution >= 4 is 28.3 Å². The molecule has 37 heavy (non-hydrogen) atoms. The van der Waals surface area contributed by atoms with Crippen molar-refractivity contribution in [1.29, 1.82) is 0 Å². The number of halogens is 1. The Labute approximate surface area is 225 Å². The Hall–Kier alpha value is -2.41. The van der Waals surface area contributed by atoms with E-state index in [1.807, 2.05) is 18.2 Å². The second kappa shape index (κ2) is 11.1. The van der Waals surface area contributed by atoms with Gasteiger partial charge in [-0.3, -0.25) is 9.59 Å². The first-order valence-electron chi connectivity index (χ1n) is 13.3. The molecule has 0 radical (unpaired) electrons. The summed E-state index contributed by atoms with van der Waals surface area (Å²) in [4.78, 5) is 31.3. The third kappa shape index (κ3) is 5.87. The maximum atomic E-state index is 13.6. The fourth-order valence-corrected chi connectivity index (χ4v) is 6.29. The topological polar surface area (TPSA) is 67.3 Å². The number of likely N-dealkylation sites (tertiary alicyclic amines) is 1. The van der Waals surface area contributed by atoms with Crippen LogP contribution in [-0.2, 0) is 11.2 Å². The summed E-state index contributed by atoms with van der Waals surface area (Å²) in [6.45, 7) is 13.5. The standard InChI is InChI=1S/C30H40ClN3O3/c1-19-17-25(31)23(29(36)32-19)11-12-27(35)28-21(3)34(26-10-8-7-9-24(26)28)20(2)22-13-15-33(16-14-22)18-30(4,5)37-6/h7-10,17,20,22H,11-16,18H2,1-6H3,(H,32,36)/t20-/m1/s1. The van der Waals surface area contributed by atoms with Gasteiger partial charge in [-0.1, -0.05) is 29.8 Å². The molecule has 4 rings (SSSR count). The number of benzene rings is 1. The van der Waals surface area contributed by atoms with Crippen molar-refractivity contribution in [1.82, 2.24) is 14.5 Å². The second-order valence-corrected chi connectivity index (χ2v) is 11.6. The Morgan fingerprint density at radius 3 is 2.54 bits per heavy atom. The number of ether oxygens (including phenoxy) is 1. The molecule has 1 N–H and O–H groups in total. The van der Waals surface area contributed by atoms with Crippen molar-refractivity contribution < 1.29 is 9.53 Å². The third-order valence-electron chi connectivity index (χ3n) is 8.13. The number of para-hydroxylation sites is 1. The van der Waals surface area contributed by atoms with Crippen molar-refractivity contribution in [3.05, 3.63) is 68.2 Å². The van der Waals surface area contributed by atoms with Crippen molar-refractivity contribution in [2.45, 2.75) is 71.9 Å². The number of carbonyl (C=O) groups is 1. The lowest BCUT2D eigenvalue weighted by atomic mass is 9.89. The van der Waals surface area contributed by atoms with Gasteiger partial charge in [-0.2, -0.15) is 0 Å². The van der Waals surface area contributed by atoms with Crippen LogP contribution in [0.3, 0.4) is 0 Å². The van der Waals surface area contributed by atoms with E-state index in [2.05, 4.69) is 48.2 Å². The fourth-order valence-electron chi connectivity index (χ4n) is 5.95. The molecule has 3 aromatic rings. The fraction of sp³-hybridized carbons (Fsp3) is 0.533. The number of ketones is 1. The molecule has 0 unspecified atom stereocenters. The van der Waals surface area contributed by atoms with Crippen LogP contribution in [0.5, 0.6) is 0 Å². The molecule has 0 amide bonds. The summed E-state index contributed by atoms with van der Waals surface area (Å²) in [5, 5.41) is 1.40. The maximum Gasteiger partial charge on any atom is 0.252 e. The van der Waals surface area contributed by atoms with Crippen LogP contribution < -0.4 is 5.56 Å². The molecular formula is C30H40ClN3O3. The third-order valence-corrected chi connectivity index (χ3v) is 8.47. The van der Waals surface area contributed by atoms with Crippen molar-refractivity contribution in [2.75, 3.05) is 26.7 Å². The van der Waals surface area contributed by atoms with Gasteiger partial charge in [0, 0.05) is 59.5 Å². The Bertz CT molecular complexity index is 1330. The summed E-state index contributed by atoms with van der Waals surface area (Å²) in [6, 6.07) is 10.2. The molecule has 0 aliphatic carbocycles. The van der Waals surface area contributed by atoms with Gasteiger partial charge < -0.3 is 19.2 Å². The van der Waals surface area contributed by atoms with E-state index in [9.17, 15) is 9.59 Å². The molecule has 0 saturated carbocycles. The highest BCUT2D eigenvalue weighted by atomic mass is 35.5. The predicted molar refractivity (Wildman–Crippen MR) is 151 cm³/mol. The molecule has 1 atom stereocenters. The van der Waals surface area contributed by atoms with Crippen molar-refractivity contribution in [3.63, 3.8) is 0 Å². The SMILES string of the molecule is COC(C)(C)CN1CCC([C@@H](C)n2c(C)c(C(=O)CCc3c(Cl)cc(C)[nH]c3=O)c3ccccc32)CC1. The van der Waals surface area contributed by atoms with Gasteiger partial charge in [-0.15, -0.1) is 0 Å². The van der Waals surface area contributed by atoms with E-state index in [0.29, 0.717) is 28.6 Å². The molecule has 1 fully saturated rings. The van der Waals surface area contributed by atoms with Crippen LogP contribution in [0, 0.1) is 19.8 Å². The number of nitrogens with zero attached hydrogens (tertiary/aromatic N) is 2. The molecule has 1 aromatic carbocycles. The molecule has 2 aromatic heterocycles. The second-order valence-electron chi connectivity index (χ2n) is 11.2. The Kier molecular flexibility index (Phi) is 8.32. The highest BCUT2D eigenvalue weighted by Crippen LogP contribution is 2.36. The van der Waals surface area contributed by atoms with Gasteiger partial charge in [0.15, 0.2) is 5.78 Å². The normalized spacial score (nSPS) is 16.4. The van der Waals surface area contributed by atoms with Crippen LogP contribution >= 0.6 is 11.6 Å². The van der Waals surface area contributed by atoms with Crippen LogP contribution in [0.4, 0.5) is 0 Å². The first-order chi connectivity index (χ1) is 17.5. The van der Waals surface area contributed by atoms with Crippen molar-refractivity contribution in [2.24, 2.45) is 5.92 Å². The van der Waals surface area contributed by atoms with Crippen LogP contribution in [0.1, 0.15) is 73.4 Å². The number of piperidine rings is 1. The van der Waals surface area contributed by atoms with Crippen LogP contribution in [0.25, 0.3) is 10.9 Å². The lowest BCUT2D eigenvalue weighted by molar-refractivity contribution is -0.0162. The average Bonchev–Trinajstić information content (AvgIpc) is 3.14. The minimum absolute atomic E-state index is 0.0484. The smallest absolute Gasteiger partial charge is 0.252 e. The number of pyridine rings is 1. The number of aromatic amines is 1. The number of Topliss-reactive ketones (excluding diaryl/α,β-unsaturated/α-hetero) is 1. The minimum Gasteiger partial charge on any atom is -0.377 e. The number of carbonyl (C=O) groups excluding carboxylic acids is 1. The van der Waals surface area contributed by atoms with Crippen LogP contribution in [0.2, 0.25) is 5.02 Å². The molecule has 7 heteroatoms. The van der Waals surface area contributed by atoms with E-state index in [4.69, 9.17) is 16.3 Å². The number of hydrogen-bond donors (Lipinski definition) is 1. The Balaban J connectivity index is 1.55. The van der Waals surface area contributed by atoms with Gasteiger partial charge in [-0.05, 0) is 85.0 Å². The van der Waals surface area contributed by atoms with E-state index in [1.54, 1.807) is 20.1 Å². The first kappa shape index (κ1) is 27.6. The summed E-state index contributed by atoms with van der Waals surface area (Å²) in [5.41, 5.74) is 3.70. The monoisotopic (exact) mass is 525 g/mol. The van der Waals surface area contributed by atoms with Gasteiger partial charge >= 0.3 is 0 Å². The average molecular weight is 526 g/mol. The summed E-state index contributed by atoms with van der Waals surface area (Å²) >= 11 is 6.33. The quantitative estimate of drug-likeness (QED) is 0.342. The van der Waals surface area contributed by atoms with Gasteiger partial charge in [-0.25, -0.2) is 0 Å².